The summed E-state index contributed by atoms with van der Waals surface area (Å²) in [6, 6.07) is 15.1. The van der Waals surface area contributed by atoms with Crippen LogP contribution in [-0.2, 0) is 27.8 Å². The van der Waals surface area contributed by atoms with Gasteiger partial charge in [0.25, 0.3) is 0 Å². The molecule has 2 aliphatic rings. The molecule has 2 aromatic carbocycles. The summed E-state index contributed by atoms with van der Waals surface area (Å²) in [4.78, 5) is 18.6. The Hall–Kier alpha value is -2.29. The van der Waals surface area contributed by atoms with Crippen molar-refractivity contribution in [3.63, 3.8) is 0 Å². The molecule has 1 saturated carbocycles. The average molecular weight is 498 g/mol. The van der Waals surface area contributed by atoms with Crippen molar-refractivity contribution in [3.05, 3.63) is 59.1 Å². The molecule has 0 spiro atoms. The average Bonchev–Trinajstić information content (AvgIpc) is 3.50. The van der Waals surface area contributed by atoms with E-state index >= 15 is 0 Å². The zero-order valence-electron chi connectivity index (χ0n) is 19.3. The lowest BCUT2D eigenvalue weighted by atomic mass is 9.82. The van der Waals surface area contributed by atoms with E-state index < -0.39 is 15.4 Å². The van der Waals surface area contributed by atoms with Crippen LogP contribution in [0.2, 0.25) is 0 Å². The summed E-state index contributed by atoms with van der Waals surface area (Å²) in [7, 11) is -3.56. The number of nitrogens with zero attached hydrogens (tertiary/aromatic N) is 2. The molecule has 5 rings (SSSR count). The van der Waals surface area contributed by atoms with E-state index in [0.717, 1.165) is 60.2 Å². The monoisotopic (exact) mass is 497 g/mol. The summed E-state index contributed by atoms with van der Waals surface area (Å²) in [5, 5.41) is 4.10. The predicted molar refractivity (Wildman–Crippen MR) is 135 cm³/mol. The van der Waals surface area contributed by atoms with E-state index in [2.05, 4.69) is 11.4 Å². The molecule has 0 radical (unpaired) electrons. The number of aromatic nitrogens is 1. The van der Waals surface area contributed by atoms with Gasteiger partial charge in [-0.15, -0.1) is 11.3 Å². The first-order chi connectivity index (χ1) is 16.5. The molecule has 0 atom stereocenters. The molecule has 1 N–H and O–H groups in total. The fourth-order valence-electron chi connectivity index (χ4n) is 5.33. The van der Waals surface area contributed by atoms with Crippen LogP contribution in [0.4, 0.5) is 0 Å². The number of nitrogens with one attached hydrogen (secondary N) is 1. The van der Waals surface area contributed by atoms with Gasteiger partial charge < -0.3 is 5.32 Å². The predicted octanol–water partition coefficient (Wildman–Crippen LogP) is 4.89. The quantitative estimate of drug-likeness (QED) is 0.504. The minimum absolute atomic E-state index is 0.00873. The Balaban J connectivity index is 1.34. The molecule has 180 valence electrons. The van der Waals surface area contributed by atoms with Gasteiger partial charge in [-0.3, -0.25) is 4.79 Å². The normalized spacial score (nSPS) is 18.8. The number of carbonyl (C=O) groups excluding carboxylic acids is 1. The van der Waals surface area contributed by atoms with E-state index in [-0.39, 0.29) is 12.5 Å². The number of thiazole rings is 1. The first-order valence-electron chi connectivity index (χ1n) is 12.2. The number of hydrogen-bond acceptors (Lipinski definition) is 5. The van der Waals surface area contributed by atoms with Crippen LogP contribution < -0.4 is 5.32 Å². The molecule has 1 aromatic heterocycles. The zero-order chi connectivity index (χ0) is 23.6. The maximum Gasteiger partial charge on any atom is 0.243 e. The van der Waals surface area contributed by atoms with Crippen LogP contribution >= 0.6 is 11.3 Å². The summed E-state index contributed by atoms with van der Waals surface area (Å²) in [5.41, 5.74) is 1.15. The number of piperidine rings is 1. The van der Waals surface area contributed by atoms with E-state index in [0.29, 0.717) is 30.0 Å². The van der Waals surface area contributed by atoms with Gasteiger partial charge in [0.15, 0.2) is 0 Å². The van der Waals surface area contributed by atoms with Gasteiger partial charge >= 0.3 is 0 Å². The molecule has 0 bridgehead atoms. The van der Waals surface area contributed by atoms with Crippen LogP contribution in [0.15, 0.2) is 53.4 Å². The van der Waals surface area contributed by atoms with Gasteiger partial charge in [-0.2, -0.15) is 4.31 Å². The van der Waals surface area contributed by atoms with E-state index in [4.69, 9.17) is 4.98 Å². The molecule has 6 nitrogen and oxygen atoms in total. The highest BCUT2D eigenvalue weighted by molar-refractivity contribution is 7.89. The summed E-state index contributed by atoms with van der Waals surface area (Å²) < 4.78 is 29.3. The van der Waals surface area contributed by atoms with E-state index in [1.54, 1.807) is 27.8 Å². The van der Waals surface area contributed by atoms with Crippen molar-refractivity contribution in [2.75, 3.05) is 13.1 Å². The molecule has 1 amide bonds. The largest absolute Gasteiger partial charge is 0.351 e. The Morgan fingerprint density at radius 1 is 0.971 bits per heavy atom. The van der Waals surface area contributed by atoms with Crippen molar-refractivity contribution in [1.82, 2.24) is 14.6 Å². The Bertz CT molecular complexity index is 1240. The zero-order valence-corrected chi connectivity index (χ0v) is 21.0. The number of hydrogen-bond donors (Lipinski definition) is 1. The topological polar surface area (TPSA) is 79.4 Å². The SMILES string of the molecule is O=C(NCc1ccccc1S(=O)(=O)N1CCCCC1)C1(Cc2nc3ccccc3s2)CCCC1. The second-order valence-electron chi connectivity index (χ2n) is 9.49. The van der Waals surface area contributed by atoms with Gasteiger partial charge in [0.05, 0.1) is 25.5 Å². The fraction of sp³-hybridized carbons (Fsp3) is 0.462. The Kier molecular flexibility index (Phi) is 6.73. The van der Waals surface area contributed by atoms with Crippen molar-refractivity contribution < 1.29 is 13.2 Å². The third-order valence-corrected chi connectivity index (χ3v) is 10.3. The number of rotatable bonds is 7. The lowest BCUT2D eigenvalue weighted by Gasteiger charge is -2.28. The Morgan fingerprint density at radius 2 is 1.68 bits per heavy atom. The summed E-state index contributed by atoms with van der Waals surface area (Å²) in [6.07, 6.45) is 7.21. The van der Waals surface area contributed by atoms with Crippen molar-refractivity contribution in [2.45, 2.75) is 62.8 Å². The highest BCUT2D eigenvalue weighted by atomic mass is 32.2. The summed E-state index contributed by atoms with van der Waals surface area (Å²) >= 11 is 1.66. The van der Waals surface area contributed by atoms with Gasteiger partial charge in [0.2, 0.25) is 15.9 Å². The molecule has 1 aliphatic carbocycles. The van der Waals surface area contributed by atoms with Gasteiger partial charge in [0.1, 0.15) is 0 Å². The third-order valence-electron chi connectivity index (χ3n) is 7.21. The maximum absolute atomic E-state index is 13.5. The van der Waals surface area contributed by atoms with Crippen molar-refractivity contribution in [3.8, 4) is 0 Å². The molecule has 0 unspecified atom stereocenters. The summed E-state index contributed by atoms with van der Waals surface area (Å²) in [5.74, 6) is 0.00873. The second kappa shape index (κ2) is 9.76. The van der Waals surface area contributed by atoms with Crippen LogP contribution in [0, 0.1) is 5.41 Å². The number of amides is 1. The Labute approximate surface area is 205 Å². The smallest absolute Gasteiger partial charge is 0.243 e. The lowest BCUT2D eigenvalue weighted by Crippen LogP contribution is -2.41. The molecule has 1 saturated heterocycles. The Morgan fingerprint density at radius 3 is 2.44 bits per heavy atom. The third kappa shape index (κ3) is 4.63. The minimum Gasteiger partial charge on any atom is -0.351 e. The minimum atomic E-state index is -3.56. The maximum atomic E-state index is 13.5. The van der Waals surface area contributed by atoms with Gasteiger partial charge in [-0.1, -0.05) is 49.6 Å². The lowest BCUT2D eigenvalue weighted by molar-refractivity contribution is -0.131. The van der Waals surface area contributed by atoms with E-state index in [1.807, 2.05) is 30.3 Å². The highest BCUT2D eigenvalue weighted by Gasteiger charge is 2.42. The van der Waals surface area contributed by atoms with Gasteiger partial charge in [-0.25, -0.2) is 13.4 Å². The second-order valence-corrected chi connectivity index (χ2v) is 12.5. The molecule has 2 heterocycles. The first-order valence-corrected chi connectivity index (χ1v) is 14.4. The van der Waals surface area contributed by atoms with Crippen LogP contribution in [-0.4, -0.2) is 36.7 Å². The number of para-hydroxylation sites is 1. The van der Waals surface area contributed by atoms with Crippen LogP contribution in [0.1, 0.15) is 55.5 Å². The van der Waals surface area contributed by atoms with Crippen molar-refractivity contribution >= 4 is 37.5 Å². The molecule has 8 heteroatoms. The van der Waals surface area contributed by atoms with E-state index in [1.165, 1.54) is 0 Å². The highest BCUT2D eigenvalue weighted by Crippen LogP contribution is 2.42. The number of fused-ring (bicyclic) bond motifs is 1. The molecular weight excluding hydrogens is 466 g/mol. The van der Waals surface area contributed by atoms with Crippen molar-refractivity contribution in [2.24, 2.45) is 5.41 Å². The van der Waals surface area contributed by atoms with Gasteiger partial charge in [0, 0.05) is 26.1 Å². The number of benzene rings is 2. The van der Waals surface area contributed by atoms with Crippen LogP contribution in [0.25, 0.3) is 10.2 Å². The standard InChI is InChI=1S/C26H31N3O3S2/c30-25(26(14-6-7-15-26)18-24-28-21-11-3-4-12-22(21)33-24)27-19-20-10-2-5-13-23(20)34(31,32)29-16-8-1-9-17-29/h2-5,10-13H,1,6-9,14-19H2,(H,27,30). The van der Waals surface area contributed by atoms with E-state index in [9.17, 15) is 13.2 Å². The van der Waals surface area contributed by atoms with Crippen LogP contribution in [0.5, 0.6) is 0 Å². The molecule has 1 aliphatic heterocycles. The first kappa shape index (κ1) is 23.5. The number of carbonyl (C=O) groups is 1. The summed E-state index contributed by atoms with van der Waals surface area (Å²) in [6.45, 7) is 1.34. The molecule has 3 aromatic rings. The fourth-order valence-corrected chi connectivity index (χ4v) is 8.18. The number of sulfonamides is 1. The molecule has 34 heavy (non-hydrogen) atoms. The van der Waals surface area contributed by atoms with Crippen LogP contribution in [0.3, 0.4) is 0 Å². The molecular formula is C26H31N3O3S2. The molecule has 2 fully saturated rings. The van der Waals surface area contributed by atoms with Gasteiger partial charge in [-0.05, 0) is 49.4 Å². The van der Waals surface area contributed by atoms with Crippen molar-refractivity contribution in [1.29, 1.82) is 0 Å².